The SMILES string of the molecule is CSC1(CNC(=O)c2ccc(F)nc2)CCCC1. The van der Waals surface area contributed by atoms with Gasteiger partial charge < -0.3 is 5.32 Å². The van der Waals surface area contributed by atoms with Gasteiger partial charge in [0.2, 0.25) is 5.95 Å². The fourth-order valence-corrected chi connectivity index (χ4v) is 3.24. The molecule has 1 amide bonds. The molecule has 3 nitrogen and oxygen atoms in total. The van der Waals surface area contributed by atoms with Crippen LogP contribution in [0.5, 0.6) is 0 Å². The second-order valence-corrected chi connectivity index (χ2v) is 5.92. The Hall–Kier alpha value is -1.10. The summed E-state index contributed by atoms with van der Waals surface area (Å²) in [6, 6.07) is 2.66. The molecule has 0 atom stereocenters. The number of carbonyl (C=O) groups excluding carboxylic acids is 1. The minimum atomic E-state index is -0.567. The molecule has 0 aliphatic heterocycles. The number of aromatic nitrogens is 1. The smallest absolute Gasteiger partial charge is 0.252 e. The summed E-state index contributed by atoms with van der Waals surface area (Å²) in [5.74, 6) is -0.745. The summed E-state index contributed by atoms with van der Waals surface area (Å²) in [4.78, 5) is 15.4. The molecule has 1 aliphatic carbocycles. The zero-order valence-electron chi connectivity index (χ0n) is 10.4. The van der Waals surface area contributed by atoms with Gasteiger partial charge in [-0.3, -0.25) is 4.79 Å². The van der Waals surface area contributed by atoms with Crippen LogP contribution in [-0.4, -0.2) is 28.4 Å². The zero-order valence-corrected chi connectivity index (χ0v) is 11.2. The summed E-state index contributed by atoms with van der Waals surface area (Å²) in [6.07, 6.45) is 8.12. The molecule has 1 aromatic rings. The van der Waals surface area contributed by atoms with E-state index < -0.39 is 5.95 Å². The molecule has 5 heteroatoms. The van der Waals surface area contributed by atoms with Crippen molar-refractivity contribution in [2.75, 3.05) is 12.8 Å². The van der Waals surface area contributed by atoms with Gasteiger partial charge in [-0.05, 0) is 31.2 Å². The maximum Gasteiger partial charge on any atom is 0.252 e. The molecule has 1 heterocycles. The van der Waals surface area contributed by atoms with E-state index in [4.69, 9.17) is 0 Å². The summed E-state index contributed by atoms with van der Waals surface area (Å²) in [7, 11) is 0. The molecule has 0 aromatic carbocycles. The zero-order chi connectivity index (χ0) is 13.0. The number of carbonyl (C=O) groups is 1. The molecule has 98 valence electrons. The summed E-state index contributed by atoms with van der Waals surface area (Å²) < 4.78 is 12.8. The Morgan fingerprint density at radius 1 is 1.50 bits per heavy atom. The lowest BCUT2D eigenvalue weighted by Gasteiger charge is -2.26. The molecular weight excluding hydrogens is 251 g/mol. The van der Waals surface area contributed by atoms with Crippen molar-refractivity contribution in [2.24, 2.45) is 0 Å². The van der Waals surface area contributed by atoms with E-state index in [1.54, 1.807) is 0 Å². The van der Waals surface area contributed by atoms with Crippen molar-refractivity contribution in [3.63, 3.8) is 0 Å². The number of hydrogen-bond acceptors (Lipinski definition) is 3. The molecule has 0 radical (unpaired) electrons. The van der Waals surface area contributed by atoms with Gasteiger partial charge in [0.15, 0.2) is 0 Å². The van der Waals surface area contributed by atoms with Crippen LogP contribution in [0.25, 0.3) is 0 Å². The summed E-state index contributed by atoms with van der Waals surface area (Å²) >= 11 is 1.83. The molecule has 1 N–H and O–H groups in total. The van der Waals surface area contributed by atoms with Crippen LogP contribution >= 0.6 is 11.8 Å². The lowest BCUT2D eigenvalue weighted by atomic mass is 10.1. The van der Waals surface area contributed by atoms with Gasteiger partial charge in [0.1, 0.15) is 0 Å². The second-order valence-electron chi connectivity index (χ2n) is 4.65. The lowest BCUT2D eigenvalue weighted by molar-refractivity contribution is 0.0949. The van der Waals surface area contributed by atoms with E-state index in [1.165, 1.54) is 31.2 Å². The van der Waals surface area contributed by atoms with Crippen molar-refractivity contribution in [1.29, 1.82) is 0 Å². The Bertz CT molecular complexity index is 416. The van der Waals surface area contributed by atoms with E-state index in [9.17, 15) is 9.18 Å². The first-order valence-corrected chi connectivity index (χ1v) is 7.33. The molecule has 0 unspecified atom stereocenters. The van der Waals surface area contributed by atoms with Crippen LogP contribution in [-0.2, 0) is 0 Å². The van der Waals surface area contributed by atoms with Crippen LogP contribution in [0.3, 0.4) is 0 Å². The highest BCUT2D eigenvalue weighted by Crippen LogP contribution is 2.39. The largest absolute Gasteiger partial charge is 0.351 e. The molecule has 1 saturated carbocycles. The predicted octanol–water partition coefficient (Wildman–Crippen LogP) is 2.63. The van der Waals surface area contributed by atoms with Gasteiger partial charge in [-0.1, -0.05) is 12.8 Å². The van der Waals surface area contributed by atoms with E-state index >= 15 is 0 Å². The van der Waals surface area contributed by atoms with Gasteiger partial charge in [-0.25, -0.2) is 4.98 Å². The second kappa shape index (κ2) is 5.69. The Labute approximate surface area is 111 Å². The maximum atomic E-state index is 12.7. The average molecular weight is 268 g/mol. The normalized spacial score (nSPS) is 17.7. The van der Waals surface area contributed by atoms with Gasteiger partial charge in [0.05, 0.1) is 5.56 Å². The van der Waals surface area contributed by atoms with Crippen LogP contribution in [0.1, 0.15) is 36.0 Å². The third kappa shape index (κ3) is 3.02. The average Bonchev–Trinajstić information content (AvgIpc) is 2.86. The molecular formula is C13H17FN2OS. The number of rotatable bonds is 4. The van der Waals surface area contributed by atoms with Gasteiger partial charge >= 0.3 is 0 Å². The molecule has 0 saturated heterocycles. The summed E-state index contributed by atoms with van der Waals surface area (Å²) in [6.45, 7) is 0.671. The fourth-order valence-electron chi connectivity index (χ4n) is 2.33. The first-order valence-electron chi connectivity index (χ1n) is 6.10. The van der Waals surface area contributed by atoms with Crippen LogP contribution < -0.4 is 5.32 Å². The number of hydrogen-bond donors (Lipinski definition) is 1. The first-order chi connectivity index (χ1) is 8.65. The Kier molecular flexibility index (Phi) is 4.22. The predicted molar refractivity (Wildman–Crippen MR) is 71.2 cm³/mol. The molecule has 1 fully saturated rings. The van der Waals surface area contributed by atoms with E-state index in [1.807, 2.05) is 11.8 Å². The van der Waals surface area contributed by atoms with E-state index in [0.717, 1.165) is 12.8 Å². The molecule has 0 spiro atoms. The van der Waals surface area contributed by atoms with Crippen LogP contribution in [0, 0.1) is 5.95 Å². The van der Waals surface area contributed by atoms with E-state index in [0.29, 0.717) is 12.1 Å². The fraction of sp³-hybridized carbons (Fsp3) is 0.538. The third-order valence-electron chi connectivity index (χ3n) is 3.51. The maximum absolute atomic E-state index is 12.7. The Morgan fingerprint density at radius 2 is 2.22 bits per heavy atom. The molecule has 2 rings (SSSR count). The third-order valence-corrected chi connectivity index (χ3v) is 4.93. The van der Waals surface area contributed by atoms with Gasteiger partial charge in [-0.15, -0.1) is 0 Å². The summed E-state index contributed by atoms with van der Waals surface area (Å²) in [5, 5.41) is 2.93. The number of amides is 1. The van der Waals surface area contributed by atoms with Crippen molar-refractivity contribution in [3.8, 4) is 0 Å². The van der Waals surface area contributed by atoms with Crippen molar-refractivity contribution >= 4 is 17.7 Å². The first kappa shape index (κ1) is 13.3. The van der Waals surface area contributed by atoms with Crippen molar-refractivity contribution in [3.05, 3.63) is 29.8 Å². The van der Waals surface area contributed by atoms with Gasteiger partial charge in [-0.2, -0.15) is 16.2 Å². The monoisotopic (exact) mass is 268 g/mol. The number of pyridine rings is 1. The molecule has 1 aliphatic rings. The van der Waals surface area contributed by atoms with Crippen LogP contribution in [0.15, 0.2) is 18.3 Å². The number of thioether (sulfide) groups is 1. The Morgan fingerprint density at radius 3 is 2.78 bits per heavy atom. The highest BCUT2D eigenvalue weighted by molar-refractivity contribution is 8.00. The standard InChI is InChI=1S/C13H17FN2OS/c1-18-13(6-2-3-7-13)9-16-12(17)10-4-5-11(14)15-8-10/h4-5,8H,2-3,6-7,9H2,1H3,(H,16,17). The number of halogens is 1. The van der Waals surface area contributed by atoms with Crippen molar-refractivity contribution < 1.29 is 9.18 Å². The van der Waals surface area contributed by atoms with E-state index in [-0.39, 0.29) is 10.7 Å². The minimum Gasteiger partial charge on any atom is -0.351 e. The molecule has 18 heavy (non-hydrogen) atoms. The minimum absolute atomic E-state index is 0.178. The lowest BCUT2D eigenvalue weighted by Crippen LogP contribution is -2.38. The van der Waals surface area contributed by atoms with Crippen LogP contribution in [0.2, 0.25) is 0 Å². The number of nitrogens with zero attached hydrogens (tertiary/aromatic N) is 1. The van der Waals surface area contributed by atoms with Crippen molar-refractivity contribution in [2.45, 2.75) is 30.4 Å². The van der Waals surface area contributed by atoms with Crippen molar-refractivity contribution in [1.82, 2.24) is 10.3 Å². The topological polar surface area (TPSA) is 42.0 Å². The highest BCUT2D eigenvalue weighted by atomic mass is 32.2. The summed E-state index contributed by atoms with van der Waals surface area (Å²) in [5.41, 5.74) is 0.408. The Balaban J connectivity index is 1.93. The van der Waals surface area contributed by atoms with Gasteiger partial charge in [0.25, 0.3) is 5.91 Å². The van der Waals surface area contributed by atoms with Gasteiger partial charge in [0, 0.05) is 17.5 Å². The molecule has 1 aromatic heterocycles. The van der Waals surface area contributed by atoms with Crippen LogP contribution in [0.4, 0.5) is 4.39 Å². The number of nitrogens with one attached hydrogen (secondary N) is 1. The quantitative estimate of drug-likeness (QED) is 0.854. The highest BCUT2D eigenvalue weighted by Gasteiger charge is 2.33. The molecule has 0 bridgehead atoms. The van der Waals surface area contributed by atoms with E-state index in [2.05, 4.69) is 16.6 Å².